The number of pyridine rings is 2. The quantitative estimate of drug-likeness (QED) is 0.725. The van der Waals surface area contributed by atoms with Gasteiger partial charge in [0.2, 0.25) is 12.3 Å². The second-order valence-corrected chi connectivity index (χ2v) is 5.57. The van der Waals surface area contributed by atoms with Gasteiger partial charge in [-0.05, 0) is 49.1 Å². The van der Waals surface area contributed by atoms with Crippen LogP contribution in [0.15, 0.2) is 30.6 Å². The summed E-state index contributed by atoms with van der Waals surface area (Å²) in [5.41, 5.74) is 6.91. The molecule has 0 unspecified atom stereocenters. The molecule has 28 heavy (non-hydrogen) atoms. The number of carbonyl (C=O) groups is 2. The summed E-state index contributed by atoms with van der Waals surface area (Å²) >= 11 is 0. The van der Waals surface area contributed by atoms with Crippen LogP contribution < -0.4 is 15.8 Å². The molecule has 10 heteroatoms. The van der Waals surface area contributed by atoms with Crippen LogP contribution in [0, 0.1) is 6.92 Å². The van der Waals surface area contributed by atoms with Crippen molar-refractivity contribution in [1.29, 1.82) is 0 Å². The molecule has 0 atom stereocenters. The van der Waals surface area contributed by atoms with Crippen molar-refractivity contribution in [3.8, 4) is 5.88 Å². The number of hydrogen-bond acceptors (Lipinski definition) is 5. The molecule has 3 N–H and O–H groups in total. The van der Waals surface area contributed by atoms with Crippen LogP contribution in [0.4, 0.5) is 13.2 Å². The van der Waals surface area contributed by atoms with Crippen LogP contribution in [0.1, 0.15) is 34.1 Å². The van der Waals surface area contributed by atoms with E-state index in [1.807, 2.05) is 6.92 Å². The molecule has 0 fully saturated rings. The van der Waals surface area contributed by atoms with E-state index in [0.29, 0.717) is 18.7 Å². The van der Waals surface area contributed by atoms with Crippen LogP contribution in [0.3, 0.4) is 0 Å². The topological polar surface area (TPSA) is 107 Å². The summed E-state index contributed by atoms with van der Waals surface area (Å²) in [5.74, 6) is -0.327. The Balaban J connectivity index is 0.00000122. The normalized spacial score (nSPS) is 10.5. The number of carbonyl (C=O) groups excluding carboxylic acids is 2. The first-order valence-corrected chi connectivity index (χ1v) is 8.23. The molecule has 0 spiro atoms. The van der Waals surface area contributed by atoms with Crippen molar-refractivity contribution in [2.75, 3.05) is 13.2 Å². The molecule has 7 nitrogen and oxygen atoms in total. The van der Waals surface area contributed by atoms with E-state index in [1.165, 1.54) is 12.3 Å². The predicted molar refractivity (Wildman–Crippen MR) is 95.8 cm³/mol. The number of ether oxygens (including phenoxy) is 1. The van der Waals surface area contributed by atoms with Crippen molar-refractivity contribution in [2.24, 2.45) is 5.73 Å². The maximum atomic E-state index is 12.2. The Morgan fingerprint density at radius 1 is 1.32 bits per heavy atom. The SMILES string of the molecule is CCNC(=O)c1cc(Cc2cnc(OCC(F)(F)F)cc2C)ccn1.NC=O. The Morgan fingerprint density at radius 3 is 2.57 bits per heavy atom. The monoisotopic (exact) mass is 398 g/mol. The molecular weight excluding hydrogens is 377 g/mol. The van der Waals surface area contributed by atoms with Gasteiger partial charge in [-0.25, -0.2) is 4.98 Å². The third-order valence-corrected chi connectivity index (χ3v) is 3.37. The van der Waals surface area contributed by atoms with E-state index in [1.54, 1.807) is 25.3 Å². The lowest BCUT2D eigenvalue weighted by atomic mass is 10.0. The van der Waals surface area contributed by atoms with Crippen LogP contribution in [-0.2, 0) is 11.2 Å². The molecule has 0 saturated heterocycles. The molecule has 0 radical (unpaired) electrons. The van der Waals surface area contributed by atoms with Gasteiger partial charge in [-0.15, -0.1) is 0 Å². The number of nitrogens with one attached hydrogen (secondary N) is 1. The molecule has 152 valence electrons. The number of nitrogens with two attached hydrogens (primary N) is 1. The Bertz CT molecular complexity index is 798. The van der Waals surface area contributed by atoms with E-state index < -0.39 is 12.8 Å². The maximum Gasteiger partial charge on any atom is 0.422 e. The fraction of sp³-hybridized carbons (Fsp3) is 0.333. The zero-order valence-corrected chi connectivity index (χ0v) is 15.4. The van der Waals surface area contributed by atoms with Gasteiger partial charge in [0.05, 0.1) is 0 Å². The Hall–Kier alpha value is -3.17. The van der Waals surface area contributed by atoms with Gasteiger partial charge in [0, 0.05) is 25.0 Å². The smallest absolute Gasteiger partial charge is 0.422 e. The Morgan fingerprint density at radius 2 is 2.00 bits per heavy atom. The molecule has 2 heterocycles. The maximum absolute atomic E-state index is 12.2. The van der Waals surface area contributed by atoms with Gasteiger partial charge < -0.3 is 15.8 Å². The molecule has 0 aliphatic heterocycles. The minimum atomic E-state index is -4.40. The zero-order chi connectivity index (χ0) is 21.2. The van der Waals surface area contributed by atoms with Gasteiger partial charge in [0.1, 0.15) is 5.69 Å². The highest BCUT2D eigenvalue weighted by atomic mass is 19.4. The summed E-state index contributed by atoms with van der Waals surface area (Å²) < 4.78 is 41.2. The van der Waals surface area contributed by atoms with Gasteiger partial charge in [-0.1, -0.05) is 0 Å². The first-order valence-electron chi connectivity index (χ1n) is 8.23. The molecule has 0 aromatic carbocycles. The van der Waals surface area contributed by atoms with Crippen molar-refractivity contribution in [3.63, 3.8) is 0 Å². The molecular formula is C18H21F3N4O3. The highest BCUT2D eigenvalue weighted by Gasteiger charge is 2.28. The molecule has 0 saturated carbocycles. The van der Waals surface area contributed by atoms with E-state index in [0.717, 1.165) is 16.7 Å². The summed E-state index contributed by atoms with van der Waals surface area (Å²) in [6.07, 6.45) is -0.648. The first-order chi connectivity index (χ1) is 13.2. The fourth-order valence-corrected chi connectivity index (χ4v) is 2.16. The number of halogens is 3. The van der Waals surface area contributed by atoms with Gasteiger partial charge in [-0.2, -0.15) is 13.2 Å². The number of alkyl halides is 3. The Labute approximate surface area is 160 Å². The van der Waals surface area contributed by atoms with Gasteiger partial charge in [-0.3, -0.25) is 14.6 Å². The molecule has 2 aromatic rings. The molecule has 0 aliphatic rings. The Kier molecular flexibility index (Phi) is 8.86. The number of aromatic nitrogens is 2. The molecule has 2 rings (SSSR count). The first kappa shape index (κ1) is 22.9. The lowest BCUT2D eigenvalue weighted by Gasteiger charge is -2.11. The third kappa shape index (κ3) is 8.02. The molecule has 2 amide bonds. The molecule has 2 aromatic heterocycles. The molecule has 0 aliphatic carbocycles. The minimum absolute atomic E-state index is 0.0729. The zero-order valence-electron chi connectivity index (χ0n) is 15.4. The standard InChI is InChI=1S/C17H18F3N3O2.CH3NO/c1-3-21-16(24)14-8-12(4-5-22-14)7-13-9-23-15(6-11(13)2)25-10-17(18,19)20;2-1-3/h4-6,8-9H,3,7,10H2,1-2H3,(H,21,24);1H,(H2,2,3). The fourth-order valence-electron chi connectivity index (χ4n) is 2.16. The van der Waals surface area contributed by atoms with E-state index >= 15 is 0 Å². The van der Waals surface area contributed by atoms with Crippen LogP contribution in [0.5, 0.6) is 5.88 Å². The number of aryl methyl sites for hydroxylation is 1. The average Bonchev–Trinajstić information content (AvgIpc) is 2.62. The van der Waals surface area contributed by atoms with E-state index in [2.05, 4.69) is 25.8 Å². The lowest BCUT2D eigenvalue weighted by molar-refractivity contribution is -0.154. The van der Waals surface area contributed by atoms with Gasteiger partial charge in [0.25, 0.3) is 5.91 Å². The average molecular weight is 398 g/mol. The number of hydrogen-bond donors (Lipinski definition) is 2. The summed E-state index contributed by atoms with van der Waals surface area (Å²) in [7, 11) is 0. The summed E-state index contributed by atoms with van der Waals surface area (Å²) in [5, 5.41) is 2.68. The molecule has 0 bridgehead atoms. The van der Waals surface area contributed by atoms with Crippen molar-refractivity contribution in [3.05, 3.63) is 53.0 Å². The van der Waals surface area contributed by atoms with Crippen molar-refractivity contribution in [1.82, 2.24) is 15.3 Å². The second-order valence-electron chi connectivity index (χ2n) is 5.57. The lowest BCUT2D eigenvalue weighted by Crippen LogP contribution is -2.23. The summed E-state index contributed by atoms with van der Waals surface area (Å²) in [4.78, 5) is 28.3. The number of nitrogens with zero attached hydrogens (tertiary/aromatic N) is 2. The van der Waals surface area contributed by atoms with E-state index in [9.17, 15) is 18.0 Å². The summed E-state index contributed by atoms with van der Waals surface area (Å²) in [6.45, 7) is 2.72. The van der Waals surface area contributed by atoms with E-state index in [4.69, 9.17) is 4.79 Å². The number of rotatable bonds is 6. The van der Waals surface area contributed by atoms with Crippen LogP contribution >= 0.6 is 0 Å². The van der Waals surface area contributed by atoms with Crippen LogP contribution in [0.25, 0.3) is 0 Å². The van der Waals surface area contributed by atoms with Crippen molar-refractivity contribution >= 4 is 12.3 Å². The predicted octanol–water partition coefficient (Wildman–Crippen LogP) is 2.17. The van der Waals surface area contributed by atoms with Gasteiger partial charge in [0.15, 0.2) is 6.61 Å². The third-order valence-electron chi connectivity index (χ3n) is 3.37. The van der Waals surface area contributed by atoms with Crippen molar-refractivity contribution < 1.29 is 27.5 Å². The summed E-state index contributed by atoms with van der Waals surface area (Å²) in [6, 6.07) is 4.92. The second kappa shape index (κ2) is 10.9. The van der Waals surface area contributed by atoms with Crippen LogP contribution in [0.2, 0.25) is 0 Å². The van der Waals surface area contributed by atoms with Crippen LogP contribution in [-0.4, -0.2) is 41.6 Å². The van der Waals surface area contributed by atoms with Crippen molar-refractivity contribution in [2.45, 2.75) is 26.4 Å². The number of amides is 2. The number of primary amides is 1. The van der Waals surface area contributed by atoms with E-state index in [-0.39, 0.29) is 18.2 Å². The minimum Gasteiger partial charge on any atom is -0.468 e. The largest absolute Gasteiger partial charge is 0.468 e. The highest BCUT2D eigenvalue weighted by Crippen LogP contribution is 2.20. The highest BCUT2D eigenvalue weighted by molar-refractivity contribution is 5.92. The van der Waals surface area contributed by atoms with Gasteiger partial charge >= 0.3 is 6.18 Å².